The Bertz CT molecular complexity index is 551. The van der Waals surface area contributed by atoms with E-state index in [2.05, 4.69) is 31.8 Å². The summed E-state index contributed by atoms with van der Waals surface area (Å²) < 4.78 is 1.73. The largest absolute Gasteiger partial charge is 0.338 e. The third-order valence-electron chi connectivity index (χ3n) is 3.03. The third-order valence-corrected chi connectivity index (χ3v) is 3.20. The summed E-state index contributed by atoms with van der Waals surface area (Å²) in [5, 5.41) is 0.218. The molecule has 0 N–H and O–H groups in total. The molecule has 1 aliphatic carbocycles. The van der Waals surface area contributed by atoms with Crippen LogP contribution in [-0.4, -0.2) is 37.1 Å². The van der Waals surface area contributed by atoms with Crippen LogP contribution >= 0.6 is 11.6 Å². The summed E-state index contributed by atoms with van der Waals surface area (Å²) in [6.45, 7) is 3.09. The van der Waals surface area contributed by atoms with E-state index in [4.69, 9.17) is 11.6 Å². The van der Waals surface area contributed by atoms with Crippen LogP contribution in [0.2, 0.25) is 5.28 Å². The smallest absolute Gasteiger partial charge is 0.241 e. The Balaban J connectivity index is 1.96. The van der Waals surface area contributed by atoms with Gasteiger partial charge in [0.05, 0.1) is 0 Å². The van der Waals surface area contributed by atoms with Gasteiger partial charge in [-0.25, -0.2) is 4.98 Å². The lowest BCUT2D eigenvalue weighted by Gasteiger charge is -2.21. The summed E-state index contributed by atoms with van der Waals surface area (Å²) in [7, 11) is 0. The van der Waals surface area contributed by atoms with Gasteiger partial charge in [-0.1, -0.05) is 6.92 Å². The quantitative estimate of drug-likeness (QED) is 0.838. The minimum Gasteiger partial charge on any atom is -0.338 e. The van der Waals surface area contributed by atoms with Crippen LogP contribution in [0.5, 0.6) is 0 Å². The van der Waals surface area contributed by atoms with E-state index in [1.165, 1.54) is 12.8 Å². The molecule has 0 aromatic carbocycles. The lowest BCUT2D eigenvalue weighted by Crippen LogP contribution is -2.29. The van der Waals surface area contributed by atoms with Gasteiger partial charge >= 0.3 is 0 Å². The maximum atomic E-state index is 6.01. The fraction of sp³-hybridized carbons (Fsp3) is 0.500. The molecule has 0 unspecified atom stereocenters. The van der Waals surface area contributed by atoms with E-state index >= 15 is 0 Å². The van der Waals surface area contributed by atoms with Gasteiger partial charge in [-0.2, -0.15) is 15.0 Å². The van der Waals surface area contributed by atoms with Crippen LogP contribution in [0.25, 0.3) is 5.95 Å². The van der Waals surface area contributed by atoms with E-state index in [1.807, 2.05) is 0 Å². The molecule has 0 saturated heterocycles. The van der Waals surface area contributed by atoms with E-state index in [1.54, 1.807) is 23.3 Å². The van der Waals surface area contributed by atoms with Crippen molar-refractivity contribution in [2.75, 3.05) is 11.4 Å². The van der Waals surface area contributed by atoms with Crippen LogP contribution < -0.4 is 4.90 Å². The monoisotopic (exact) mass is 278 g/mol. The second-order valence-corrected chi connectivity index (χ2v) is 4.94. The van der Waals surface area contributed by atoms with Crippen LogP contribution in [0.15, 0.2) is 18.7 Å². The summed E-state index contributed by atoms with van der Waals surface area (Å²) in [6, 6.07) is 0.550. The maximum absolute atomic E-state index is 6.01. The Hall–Kier alpha value is -1.69. The summed E-state index contributed by atoms with van der Waals surface area (Å²) >= 11 is 6.01. The average Bonchev–Trinajstić information content (AvgIpc) is 3.08. The highest BCUT2D eigenvalue weighted by Crippen LogP contribution is 2.30. The summed E-state index contributed by atoms with van der Waals surface area (Å²) in [5.74, 6) is 1.17. The molecule has 7 heteroatoms. The molecule has 1 aliphatic rings. The topological polar surface area (TPSA) is 59.7 Å². The van der Waals surface area contributed by atoms with Crippen molar-refractivity contribution >= 4 is 17.5 Å². The van der Waals surface area contributed by atoms with Gasteiger partial charge in [0.15, 0.2) is 0 Å². The van der Waals surface area contributed by atoms with Crippen molar-refractivity contribution in [3.05, 3.63) is 24.0 Å². The molecule has 0 bridgehead atoms. The first kappa shape index (κ1) is 12.3. The van der Waals surface area contributed by atoms with E-state index in [0.717, 1.165) is 13.0 Å². The number of aromatic nitrogens is 5. The Morgan fingerprint density at radius 1 is 1.37 bits per heavy atom. The van der Waals surface area contributed by atoms with Crippen LogP contribution in [0, 0.1) is 0 Å². The predicted molar refractivity (Wildman–Crippen MR) is 72.6 cm³/mol. The van der Waals surface area contributed by atoms with E-state index in [9.17, 15) is 0 Å². The molecule has 0 atom stereocenters. The molecule has 1 fully saturated rings. The third kappa shape index (κ3) is 2.68. The molecule has 2 aromatic rings. The zero-order chi connectivity index (χ0) is 13.2. The molecule has 2 heterocycles. The average molecular weight is 279 g/mol. The highest BCUT2D eigenvalue weighted by atomic mass is 35.5. The van der Waals surface area contributed by atoms with Gasteiger partial charge in [0.25, 0.3) is 0 Å². The van der Waals surface area contributed by atoms with Gasteiger partial charge in [-0.3, -0.25) is 4.57 Å². The zero-order valence-electron chi connectivity index (χ0n) is 10.7. The maximum Gasteiger partial charge on any atom is 0.241 e. The van der Waals surface area contributed by atoms with Gasteiger partial charge in [0.2, 0.25) is 17.2 Å². The van der Waals surface area contributed by atoms with Crippen molar-refractivity contribution in [2.24, 2.45) is 0 Å². The minimum absolute atomic E-state index is 0.218. The highest BCUT2D eigenvalue weighted by Gasteiger charge is 2.30. The number of rotatable bonds is 5. The normalized spacial score (nSPS) is 14.6. The second kappa shape index (κ2) is 5.13. The first-order valence-corrected chi connectivity index (χ1v) is 6.82. The Kier molecular flexibility index (Phi) is 3.33. The molecule has 2 aromatic heterocycles. The number of anilines is 1. The van der Waals surface area contributed by atoms with Crippen molar-refractivity contribution in [3.63, 3.8) is 0 Å². The van der Waals surface area contributed by atoms with E-state index in [-0.39, 0.29) is 5.28 Å². The highest BCUT2D eigenvalue weighted by molar-refractivity contribution is 6.28. The second-order valence-electron chi connectivity index (χ2n) is 4.60. The lowest BCUT2D eigenvalue weighted by molar-refractivity contribution is 0.724. The van der Waals surface area contributed by atoms with Crippen LogP contribution in [0.3, 0.4) is 0 Å². The molecule has 19 heavy (non-hydrogen) atoms. The summed E-state index contributed by atoms with van der Waals surface area (Å²) in [4.78, 5) is 19.1. The SMILES string of the molecule is CCCN(c1nc(Cl)nc(-n2ccnc2)n1)C1CC1. The number of hydrogen-bond donors (Lipinski definition) is 0. The Morgan fingerprint density at radius 2 is 2.21 bits per heavy atom. The van der Waals surface area contributed by atoms with Crippen LogP contribution in [-0.2, 0) is 0 Å². The van der Waals surface area contributed by atoms with Gasteiger partial charge < -0.3 is 4.90 Å². The minimum atomic E-state index is 0.218. The molecule has 0 radical (unpaired) electrons. The summed E-state index contributed by atoms with van der Waals surface area (Å²) in [5.41, 5.74) is 0. The van der Waals surface area contributed by atoms with E-state index in [0.29, 0.717) is 17.9 Å². The van der Waals surface area contributed by atoms with Gasteiger partial charge in [-0.15, -0.1) is 0 Å². The molecule has 6 nitrogen and oxygen atoms in total. The van der Waals surface area contributed by atoms with Crippen molar-refractivity contribution in [3.8, 4) is 5.95 Å². The molecule has 3 rings (SSSR count). The zero-order valence-corrected chi connectivity index (χ0v) is 11.5. The number of halogens is 1. The summed E-state index contributed by atoms with van der Waals surface area (Å²) in [6.07, 6.45) is 8.57. The number of imidazole rings is 1. The number of hydrogen-bond acceptors (Lipinski definition) is 5. The fourth-order valence-electron chi connectivity index (χ4n) is 2.02. The van der Waals surface area contributed by atoms with Crippen molar-refractivity contribution < 1.29 is 0 Å². The van der Waals surface area contributed by atoms with Gasteiger partial charge in [0, 0.05) is 25.0 Å². The lowest BCUT2D eigenvalue weighted by atomic mass is 10.4. The van der Waals surface area contributed by atoms with Gasteiger partial charge in [-0.05, 0) is 30.9 Å². The molecular formula is C12H15ClN6. The van der Waals surface area contributed by atoms with E-state index < -0.39 is 0 Å². The fourth-order valence-corrected chi connectivity index (χ4v) is 2.17. The van der Waals surface area contributed by atoms with Crippen molar-refractivity contribution in [2.45, 2.75) is 32.2 Å². The molecular weight excluding hydrogens is 264 g/mol. The standard InChI is InChI=1S/C12H15ClN6/c1-2-6-19(9-3-4-9)12-16-10(13)15-11(17-12)18-7-5-14-8-18/h5,7-9H,2-4,6H2,1H3. The Morgan fingerprint density at radius 3 is 2.84 bits per heavy atom. The first-order chi connectivity index (χ1) is 9.28. The number of nitrogens with zero attached hydrogens (tertiary/aromatic N) is 6. The van der Waals surface area contributed by atoms with Crippen molar-refractivity contribution in [1.29, 1.82) is 0 Å². The molecule has 0 spiro atoms. The molecule has 0 amide bonds. The first-order valence-electron chi connectivity index (χ1n) is 6.44. The van der Waals surface area contributed by atoms with Gasteiger partial charge in [0.1, 0.15) is 6.33 Å². The molecule has 1 saturated carbocycles. The Labute approximate surface area is 116 Å². The van der Waals surface area contributed by atoms with Crippen LogP contribution in [0.4, 0.5) is 5.95 Å². The molecule has 0 aliphatic heterocycles. The molecule has 100 valence electrons. The van der Waals surface area contributed by atoms with Crippen LogP contribution in [0.1, 0.15) is 26.2 Å². The predicted octanol–water partition coefficient (Wildman–Crippen LogP) is 2.09. The van der Waals surface area contributed by atoms with Crippen molar-refractivity contribution in [1.82, 2.24) is 24.5 Å².